The van der Waals surface area contributed by atoms with Crippen molar-refractivity contribution in [2.45, 2.75) is 13.8 Å². The topological polar surface area (TPSA) is 41.9 Å². The van der Waals surface area contributed by atoms with Crippen molar-refractivity contribution in [3.8, 4) is 11.5 Å². The lowest BCUT2D eigenvalue weighted by Crippen LogP contribution is -2.10. The maximum atomic E-state index is 10.2. The Labute approximate surface area is 119 Å². The molecule has 20 heavy (non-hydrogen) atoms. The Kier molecular flexibility index (Phi) is 4.85. The molecule has 0 aromatic heterocycles. The molecule has 2 aromatic carbocycles. The van der Waals surface area contributed by atoms with Crippen LogP contribution in [0.2, 0.25) is 0 Å². The van der Waals surface area contributed by atoms with Gasteiger partial charge in [-0.05, 0) is 62.4 Å². The van der Waals surface area contributed by atoms with Crippen LogP contribution in [0.4, 0.5) is 11.4 Å². The second-order valence-corrected chi connectivity index (χ2v) is 4.17. The van der Waals surface area contributed by atoms with Crippen LogP contribution in [0.25, 0.3) is 0 Å². The molecule has 0 spiro atoms. The fraction of sp³-hybridized carbons (Fsp3) is 0.250. The van der Waals surface area contributed by atoms with E-state index in [1.54, 1.807) is 24.3 Å². The highest BCUT2D eigenvalue weighted by Gasteiger charge is 2.06. The van der Waals surface area contributed by atoms with Gasteiger partial charge in [0.2, 0.25) is 0 Å². The van der Waals surface area contributed by atoms with Gasteiger partial charge in [0, 0.05) is 0 Å². The van der Waals surface area contributed by atoms with Gasteiger partial charge < -0.3 is 9.47 Å². The van der Waals surface area contributed by atoms with Crippen molar-refractivity contribution >= 4 is 11.4 Å². The van der Waals surface area contributed by atoms with Crippen molar-refractivity contribution < 1.29 is 14.7 Å². The van der Waals surface area contributed by atoms with Gasteiger partial charge in [-0.15, -0.1) is 0 Å². The van der Waals surface area contributed by atoms with Gasteiger partial charge in [-0.1, -0.05) is 0 Å². The molecule has 1 N–H and O–H groups in total. The lowest BCUT2D eigenvalue weighted by atomic mass is 10.2. The van der Waals surface area contributed by atoms with Crippen LogP contribution in [-0.2, 0) is 0 Å². The van der Waals surface area contributed by atoms with E-state index in [1.807, 2.05) is 38.1 Å². The van der Waals surface area contributed by atoms with Gasteiger partial charge in [0.15, 0.2) is 0 Å². The van der Waals surface area contributed by atoms with Gasteiger partial charge in [0.05, 0.1) is 24.6 Å². The molecule has 4 heteroatoms. The summed E-state index contributed by atoms with van der Waals surface area (Å²) in [6.07, 6.45) is 0. The van der Waals surface area contributed by atoms with Crippen molar-refractivity contribution in [1.29, 1.82) is 0 Å². The smallest absolute Gasteiger partial charge is 0.119 e. The van der Waals surface area contributed by atoms with Crippen LogP contribution >= 0.6 is 0 Å². The molecule has 0 unspecified atom stereocenters. The zero-order chi connectivity index (χ0) is 14.4. The van der Waals surface area contributed by atoms with E-state index in [0.717, 1.165) is 16.6 Å². The van der Waals surface area contributed by atoms with E-state index >= 15 is 0 Å². The van der Waals surface area contributed by atoms with Gasteiger partial charge in [-0.3, -0.25) is 5.21 Å². The normalized spacial score (nSPS) is 10.2. The fourth-order valence-electron chi connectivity index (χ4n) is 1.85. The molecule has 2 rings (SSSR count). The summed E-state index contributed by atoms with van der Waals surface area (Å²) in [5.41, 5.74) is 1.36. The molecule has 0 saturated heterocycles. The summed E-state index contributed by atoms with van der Waals surface area (Å²) in [4.78, 5) is 0. The molecule has 0 saturated carbocycles. The van der Waals surface area contributed by atoms with E-state index in [9.17, 15) is 5.21 Å². The molecule has 0 bridgehead atoms. The van der Waals surface area contributed by atoms with Crippen LogP contribution in [0.15, 0.2) is 48.5 Å². The van der Waals surface area contributed by atoms with Gasteiger partial charge in [0.25, 0.3) is 0 Å². The van der Waals surface area contributed by atoms with Crippen LogP contribution in [-0.4, -0.2) is 18.4 Å². The van der Waals surface area contributed by atoms with Gasteiger partial charge in [-0.2, -0.15) is 0 Å². The Morgan fingerprint density at radius 3 is 1.40 bits per heavy atom. The summed E-state index contributed by atoms with van der Waals surface area (Å²) >= 11 is 0. The summed E-state index contributed by atoms with van der Waals surface area (Å²) in [5, 5.41) is 11.3. The summed E-state index contributed by atoms with van der Waals surface area (Å²) in [6, 6.07) is 14.5. The maximum Gasteiger partial charge on any atom is 0.119 e. The fourth-order valence-corrected chi connectivity index (χ4v) is 1.85. The van der Waals surface area contributed by atoms with Crippen molar-refractivity contribution in [1.82, 2.24) is 0 Å². The maximum absolute atomic E-state index is 10.2. The monoisotopic (exact) mass is 273 g/mol. The van der Waals surface area contributed by atoms with Gasteiger partial charge in [0.1, 0.15) is 11.5 Å². The second-order valence-electron chi connectivity index (χ2n) is 4.17. The lowest BCUT2D eigenvalue weighted by molar-refractivity contribution is 0.300. The van der Waals surface area contributed by atoms with Gasteiger partial charge in [-0.25, -0.2) is 5.06 Å². The number of rotatable bonds is 6. The Balaban J connectivity index is 2.11. The molecule has 0 aliphatic rings. The van der Waals surface area contributed by atoms with E-state index in [1.165, 1.54) is 0 Å². The first-order valence-electron chi connectivity index (χ1n) is 6.69. The Morgan fingerprint density at radius 2 is 1.10 bits per heavy atom. The minimum absolute atomic E-state index is 0.626. The predicted molar refractivity (Wildman–Crippen MR) is 79.1 cm³/mol. The average molecular weight is 273 g/mol. The average Bonchev–Trinajstić information content (AvgIpc) is 2.49. The number of nitrogens with zero attached hydrogens (tertiary/aromatic N) is 1. The minimum atomic E-state index is 0.626. The van der Waals surface area contributed by atoms with Crippen LogP contribution in [0, 0.1) is 0 Å². The zero-order valence-corrected chi connectivity index (χ0v) is 11.7. The zero-order valence-electron chi connectivity index (χ0n) is 11.7. The molecule has 0 aliphatic carbocycles. The highest BCUT2D eigenvalue weighted by Crippen LogP contribution is 2.26. The summed E-state index contributed by atoms with van der Waals surface area (Å²) in [7, 11) is 0. The summed E-state index contributed by atoms with van der Waals surface area (Å²) in [6.45, 7) is 5.13. The Bertz CT molecular complexity index is 473. The molecule has 0 radical (unpaired) electrons. The molecule has 4 nitrogen and oxygen atoms in total. The predicted octanol–water partition coefficient (Wildman–Crippen LogP) is 4.01. The standard InChI is InChI=1S/C16H19NO3/c1-3-19-15-9-5-13(6-10-15)17(18)14-7-11-16(12-8-14)20-4-2/h5-12,18H,3-4H2,1-2H3. The molecule has 0 heterocycles. The molecule has 0 aliphatic heterocycles. The molecule has 106 valence electrons. The Hall–Kier alpha value is -2.20. The highest BCUT2D eigenvalue weighted by atomic mass is 16.5. The van der Waals surface area contributed by atoms with Crippen LogP contribution in [0.1, 0.15) is 13.8 Å². The molecular formula is C16H19NO3. The van der Waals surface area contributed by atoms with Crippen LogP contribution in [0.3, 0.4) is 0 Å². The molecule has 2 aromatic rings. The number of anilines is 2. The SMILES string of the molecule is CCOc1ccc(N(O)c2ccc(OCC)cc2)cc1. The molecule has 0 atom stereocenters. The summed E-state index contributed by atoms with van der Waals surface area (Å²) in [5.74, 6) is 1.58. The van der Waals surface area contributed by atoms with E-state index in [0.29, 0.717) is 24.6 Å². The lowest BCUT2D eigenvalue weighted by Gasteiger charge is -2.17. The second kappa shape index (κ2) is 6.82. The third-order valence-corrected chi connectivity index (χ3v) is 2.78. The van der Waals surface area contributed by atoms with E-state index in [2.05, 4.69) is 0 Å². The first-order chi connectivity index (χ1) is 9.74. The van der Waals surface area contributed by atoms with Crippen LogP contribution < -0.4 is 14.5 Å². The van der Waals surface area contributed by atoms with E-state index in [4.69, 9.17) is 9.47 Å². The number of ether oxygens (including phenoxy) is 2. The number of hydrogen-bond donors (Lipinski definition) is 1. The molecule has 0 fully saturated rings. The highest BCUT2D eigenvalue weighted by molar-refractivity contribution is 5.61. The third kappa shape index (κ3) is 3.42. The van der Waals surface area contributed by atoms with Crippen molar-refractivity contribution in [2.24, 2.45) is 0 Å². The van der Waals surface area contributed by atoms with Gasteiger partial charge >= 0.3 is 0 Å². The summed E-state index contributed by atoms with van der Waals surface area (Å²) < 4.78 is 10.7. The van der Waals surface area contributed by atoms with Crippen molar-refractivity contribution in [2.75, 3.05) is 18.3 Å². The minimum Gasteiger partial charge on any atom is -0.494 e. The number of benzene rings is 2. The van der Waals surface area contributed by atoms with Crippen molar-refractivity contribution in [3.05, 3.63) is 48.5 Å². The molecule has 0 amide bonds. The quantitative estimate of drug-likeness (QED) is 0.807. The third-order valence-electron chi connectivity index (χ3n) is 2.78. The van der Waals surface area contributed by atoms with E-state index in [-0.39, 0.29) is 0 Å². The number of hydrogen-bond acceptors (Lipinski definition) is 4. The largest absolute Gasteiger partial charge is 0.494 e. The molecular weight excluding hydrogens is 254 g/mol. The first kappa shape index (κ1) is 14.2. The van der Waals surface area contributed by atoms with Crippen LogP contribution in [0.5, 0.6) is 11.5 Å². The first-order valence-corrected chi connectivity index (χ1v) is 6.69. The Morgan fingerprint density at radius 1 is 0.750 bits per heavy atom. The van der Waals surface area contributed by atoms with E-state index < -0.39 is 0 Å². The van der Waals surface area contributed by atoms with Crippen molar-refractivity contribution in [3.63, 3.8) is 0 Å².